The van der Waals surface area contributed by atoms with Gasteiger partial charge in [0.05, 0.1) is 17.3 Å². The summed E-state index contributed by atoms with van der Waals surface area (Å²) in [6.07, 6.45) is 10.6. The van der Waals surface area contributed by atoms with Crippen LogP contribution in [0.3, 0.4) is 0 Å². The Hall–Kier alpha value is -7.30. The fourth-order valence-electron chi connectivity index (χ4n) is 10.9. The lowest BCUT2D eigenvalue weighted by atomic mass is 9.75. The van der Waals surface area contributed by atoms with E-state index in [9.17, 15) is 0 Å². The average Bonchev–Trinajstić information content (AvgIpc) is 4.05. The molecule has 5 aliphatic rings. The Morgan fingerprint density at radius 3 is 2.18 bits per heavy atom. The molecule has 0 spiro atoms. The average molecular weight is 788 g/mol. The summed E-state index contributed by atoms with van der Waals surface area (Å²) in [4.78, 5) is 2.34. The maximum atomic E-state index is 7.53. The molecule has 0 radical (unpaired) electrons. The number of rotatable bonds is 5. The molecule has 1 aromatic heterocycles. The van der Waals surface area contributed by atoms with Gasteiger partial charge in [0.25, 0.3) is 0 Å². The molecular formula is C57H41NO3. The molecule has 13 rings (SSSR count). The van der Waals surface area contributed by atoms with Gasteiger partial charge in [-0.05, 0) is 81.4 Å². The van der Waals surface area contributed by atoms with Crippen molar-refractivity contribution in [2.45, 2.75) is 43.3 Å². The molecule has 8 aromatic rings. The molecule has 3 aliphatic carbocycles. The molecule has 2 aliphatic heterocycles. The summed E-state index contributed by atoms with van der Waals surface area (Å²) in [5.41, 5.74) is 17.2. The molecule has 4 heteroatoms. The quantitative estimate of drug-likeness (QED) is 0.174. The van der Waals surface area contributed by atoms with Crippen LogP contribution in [0.2, 0.25) is 0 Å². The number of nitrogens with zero attached hydrogens (tertiary/aromatic N) is 1. The fourth-order valence-corrected chi connectivity index (χ4v) is 10.9. The number of hydrogen-bond donors (Lipinski definition) is 0. The van der Waals surface area contributed by atoms with Gasteiger partial charge in [0.15, 0.2) is 5.75 Å². The van der Waals surface area contributed by atoms with Gasteiger partial charge in [-0.3, -0.25) is 0 Å². The minimum absolute atomic E-state index is 0.0450. The maximum Gasteiger partial charge on any atom is 0.151 e. The Morgan fingerprint density at radius 1 is 0.574 bits per heavy atom. The van der Waals surface area contributed by atoms with E-state index < -0.39 is 0 Å². The lowest BCUT2D eigenvalue weighted by Gasteiger charge is -2.31. The Labute approximate surface area is 355 Å². The van der Waals surface area contributed by atoms with Crippen LogP contribution in [0.5, 0.6) is 11.5 Å². The van der Waals surface area contributed by atoms with Gasteiger partial charge >= 0.3 is 0 Å². The first-order valence-electron chi connectivity index (χ1n) is 21.4. The molecule has 0 amide bonds. The number of para-hydroxylation sites is 3. The second-order valence-electron chi connectivity index (χ2n) is 17.4. The monoisotopic (exact) mass is 787 g/mol. The Balaban J connectivity index is 0.990. The fraction of sp³-hybridized carbons (Fsp3) is 0.123. The number of benzene rings is 7. The second-order valence-corrected chi connectivity index (χ2v) is 17.4. The number of hydrogen-bond acceptors (Lipinski definition) is 4. The summed E-state index contributed by atoms with van der Waals surface area (Å²) < 4.78 is 21.1. The van der Waals surface area contributed by atoms with Crippen molar-refractivity contribution < 1.29 is 13.9 Å². The van der Waals surface area contributed by atoms with Crippen LogP contribution in [-0.2, 0) is 5.41 Å². The van der Waals surface area contributed by atoms with Crippen molar-refractivity contribution in [3.8, 4) is 33.8 Å². The molecule has 4 nitrogen and oxygen atoms in total. The predicted molar refractivity (Wildman–Crippen MR) is 246 cm³/mol. The van der Waals surface area contributed by atoms with Gasteiger partial charge in [0.1, 0.15) is 29.3 Å². The van der Waals surface area contributed by atoms with Gasteiger partial charge in [0.2, 0.25) is 0 Å². The normalized spacial score (nSPS) is 20.3. The standard InChI is InChI=1S/C57H41NO3/c1-57(2)45-21-9-6-16-38(45)39-31-28-36(32-46(39)57)52-53-43-18-8-11-25-50(43)59-51(53)33-44-42-20-13-23-48(55(42)61-56(44)52)58(37-29-26-35(27-30-37)34-14-4-3-5-15-34)47-22-12-19-41-40-17-7-10-24-49(40)60-54(41)47/h3-33,40,49,52,56H,1-2H3. The van der Waals surface area contributed by atoms with E-state index in [1.807, 2.05) is 0 Å². The van der Waals surface area contributed by atoms with Gasteiger partial charge in [-0.15, -0.1) is 0 Å². The molecule has 61 heavy (non-hydrogen) atoms. The maximum absolute atomic E-state index is 7.53. The summed E-state index contributed by atoms with van der Waals surface area (Å²) in [6, 6.07) is 57.0. The van der Waals surface area contributed by atoms with Gasteiger partial charge < -0.3 is 18.8 Å². The Morgan fingerprint density at radius 2 is 1.30 bits per heavy atom. The molecule has 3 heterocycles. The molecule has 4 unspecified atom stereocenters. The molecule has 0 fully saturated rings. The first-order chi connectivity index (χ1) is 30.0. The first-order valence-corrected chi connectivity index (χ1v) is 21.4. The first kappa shape index (κ1) is 34.6. The van der Waals surface area contributed by atoms with Crippen molar-refractivity contribution in [1.82, 2.24) is 0 Å². The third-order valence-electron chi connectivity index (χ3n) is 13.8. The van der Waals surface area contributed by atoms with Crippen LogP contribution >= 0.6 is 0 Å². The highest BCUT2D eigenvalue weighted by Crippen LogP contribution is 2.59. The van der Waals surface area contributed by atoms with E-state index in [2.05, 4.69) is 207 Å². The van der Waals surface area contributed by atoms with Crippen LogP contribution in [0.4, 0.5) is 17.1 Å². The summed E-state index contributed by atoms with van der Waals surface area (Å²) in [6.45, 7) is 4.71. The minimum atomic E-state index is -0.284. The highest BCUT2D eigenvalue weighted by Gasteiger charge is 2.46. The number of anilines is 3. The zero-order chi connectivity index (χ0) is 40.4. The molecule has 4 atom stereocenters. The van der Waals surface area contributed by atoms with E-state index in [4.69, 9.17) is 13.9 Å². The second kappa shape index (κ2) is 12.8. The minimum Gasteiger partial charge on any atom is -0.483 e. The number of allylic oxidation sites excluding steroid dienone is 2. The van der Waals surface area contributed by atoms with E-state index in [0.717, 1.165) is 62.0 Å². The van der Waals surface area contributed by atoms with Crippen molar-refractivity contribution >= 4 is 39.7 Å². The summed E-state index contributed by atoms with van der Waals surface area (Å²) in [5.74, 6) is 2.70. The Kier molecular flexibility index (Phi) is 7.28. The van der Waals surface area contributed by atoms with Crippen molar-refractivity contribution in [2.75, 3.05) is 4.90 Å². The van der Waals surface area contributed by atoms with Crippen molar-refractivity contribution in [3.63, 3.8) is 0 Å². The van der Waals surface area contributed by atoms with Crippen LogP contribution in [0, 0.1) is 0 Å². The zero-order valence-corrected chi connectivity index (χ0v) is 33.9. The molecular weight excluding hydrogens is 747 g/mol. The van der Waals surface area contributed by atoms with E-state index in [1.54, 1.807) is 0 Å². The summed E-state index contributed by atoms with van der Waals surface area (Å²) in [5, 5.41) is 1.13. The lowest BCUT2D eigenvalue weighted by molar-refractivity contribution is 0.255. The van der Waals surface area contributed by atoms with Crippen molar-refractivity contribution in [2.24, 2.45) is 0 Å². The zero-order valence-electron chi connectivity index (χ0n) is 33.9. The van der Waals surface area contributed by atoms with Crippen molar-refractivity contribution in [1.29, 1.82) is 0 Å². The highest BCUT2D eigenvalue weighted by molar-refractivity contribution is 6.00. The number of furan rings is 1. The van der Waals surface area contributed by atoms with E-state index in [-0.39, 0.29) is 29.5 Å². The van der Waals surface area contributed by atoms with Crippen LogP contribution in [0.25, 0.3) is 44.9 Å². The van der Waals surface area contributed by atoms with Crippen LogP contribution in [-0.4, -0.2) is 12.2 Å². The molecule has 0 N–H and O–H groups in total. The number of ether oxygens (including phenoxy) is 2. The third-order valence-corrected chi connectivity index (χ3v) is 13.8. The van der Waals surface area contributed by atoms with E-state index in [1.165, 1.54) is 44.5 Å². The number of fused-ring (bicyclic) bond motifs is 12. The molecule has 0 saturated heterocycles. The van der Waals surface area contributed by atoms with Crippen LogP contribution in [0.1, 0.15) is 64.8 Å². The van der Waals surface area contributed by atoms with Gasteiger partial charge in [-0.1, -0.05) is 159 Å². The third kappa shape index (κ3) is 4.99. The lowest BCUT2D eigenvalue weighted by Crippen LogP contribution is -2.27. The summed E-state index contributed by atoms with van der Waals surface area (Å²) in [7, 11) is 0. The van der Waals surface area contributed by atoms with E-state index in [0.29, 0.717) is 0 Å². The van der Waals surface area contributed by atoms with Crippen LogP contribution < -0.4 is 14.4 Å². The molecule has 7 aromatic carbocycles. The highest BCUT2D eigenvalue weighted by atomic mass is 16.5. The Bertz CT molecular complexity index is 3200. The smallest absolute Gasteiger partial charge is 0.151 e. The van der Waals surface area contributed by atoms with Crippen molar-refractivity contribution in [3.05, 3.63) is 221 Å². The predicted octanol–water partition coefficient (Wildman–Crippen LogP) is 14.3. The van der Waals surface area contributed by atoms with Gasteiger partial charge in [-0.25, -0.2) is 0 Å². The van der Waals surface area contributed by atoms with Gasteiger partial charge in [0, 0.05) is 44.7 Å². The molecule has 0 saturated carbocycles. The van der Waals surface area contributed by atoms with Crippen LogP contribution in [0.15, 0.2) is 186 Å². The van der Waals surface area contributed by atoms with Gasteiger partial charge in [-0.2, -0.15) is 0 Å². The topological polar surface area (TPSA) is 34.8 Å². The largest absolute Gasteiger partial charge is 0.483 e. The molecule has 0 bridgehead atoms. The van der Waals surface area contributed by atoms with E-state index >= 15 is 0 Å². The molecule has 292 valence electrons. The SMILES string of the molecule is CC1(C)c2ccccc2-c2ccc(C3c4c(oc5ccccc45)C=C4c5cccc(N(c6ccc(-c7ccccc7)cc6)c6cccc7c6OC6C=CC=CC76)c5OC43)cc21. The summed E-state index contributed by atoms with van der Waals surface area (Å²) >= 11 is 0.